The fraction of sp³-hybridized carbons (Fsp3) is 0.308. The number of benzene rings is 1. The lowest BCUT2D eigenvalue weighted by atomic mass is 10.1. The van der Waals surface area contributed by atoms with Crippen molar-refractivity contribution in [1.29, 1.82) is 0 Å². The van der Waals surface area contributed by atoms with Crippen molar-refractivity contribution in [3.8, 4) is 0 Å². The molecule has 0 aromatic heterocycles. The molecule has 0 saturated carbocycles. The highest BCUT2D eigenvalue weighted by Crippen LogP contribution is 2.02. The van der Waals surface area contributed by atoms with Crippen molar-refractivity contribution in [3.05, 3.63) is 35.9 Å². The maximum atomic E-state index is 11.8. The molecule has 1 aromatic carbocycles. The van der Waals surface area contributed by atoms with Crippen LogP contribution in [0.2, 0.25) is 0 Å². The molecule has 0 radical (unpaired) electrons. The summed E-state index contributed by atoms with van der Waals surface area (Å²) in [4.78, 5) is 33.1. The van der Waals surface area contributed by atoms with Gasteiger partial charge in [0.15, 0.2) is 0 Å². The Bertz CT molecular complexity index is 489. The molecule has 20 heavy (non-hydrogen) atoms. The van der Waals surface area contributed by atoms with Gasteiger partial charge in [0.25, 0.3) is 0 Å². The first-order valence-corrected chi connectivity index (χ1v) is 5.94. The van der Waals surface area contributed by atoms with E-state index in [9.17, 15) is 14.4 Å². The van der Waals surface area contributed by atoms with Crippen LogP contribution >= 0.6 is 0 Å². The van der Waals surface area contributed by atoms with Crippen molar-refractivity contribution in [2.75, 3.05) is 0 Å². The number of carboxylic acids is 2. The van der Waals surface area contributed by atoms with E-state index in [4.69, 9.17) is 15.9 Å². The van der Waals surface area contributed by atoms with Crippen LogP contribution in [0.1, 0.15) is 12.0 Å². The van der Waals surface area contributed by atoms with Gasteiger partial charge in [0, 0.05) is 0 Å². The average Bonchev–Trinajstić information content (AvgIpc) is 2.38. The van der Waals surface area contributed by atoms with Crippen LogP contribution in [-0.2, 0) is 20.8 Å². The smallest absolute Gasteiger partial charge is 0.326 e. The molecule has 2 atom stereocenters. The van der Waals surface area contributed by atoms with Crippen LogP contribution < -0.4 is 11.1 Å². The molecule has 1 rings (SSSR count). The molecule has 5 N–H and O–H groups in total. The van der Waals surface area contributed by atoms with Gasteiger partial charge in [0.1, 0.15) is 6.04 Å². The first-order chi connectivity index (χ1) is 9.40. The minimum Gasteiger partial charge on any atom is -0.481 e. The summed E-state index contributed by atoms with van der Waals surface area (Å²) < 4.78 is 0. The first-order valence-electron chi connectivity index (χ1n) is 5.94. The van der Waals surface area contributed by atoms with Crippen LogP contribution in [0, 0.1) is 0 Å². The molecule has 0 aliphatic heterocycles. The number of carboxylic acid groups (broad SMARTS) is 2. The van der Waals surface area contributed by atoms with E-state index < -0.39 is 36.4 Å². The number of rotatable bonds is 7. The SMILES string of the molecule is N[C@H](Cc1ccccc1)C(=O)NC(CC(=O)O)C(=O)O. The van der Waals surface area contributed by atoms with Crippen LogP contribution in [0.3, 0.4) is 0 Å². The summed E-state index contributed by atoms with van der Waals surface area (Å²) >= 11 is 0. The topological polar surface area (TPSA) is 130 Å². The Kier molecular flexibility index (Phi) is 5.67. The third-order valence-corrected chi connectivity index (χ3v) is 2.63. The predicted molar refractivity (Wildman–Crippen MR) is 69.9 cm³/mol. The number of hydrogen-bond donors (Lipinski definition) is 4. The Labute approximate surface area is 115 Å². The first kappa shape index (κ1) is 15.6. The summed E-state index contributed by atoms with van der Waals surface area (Å²) in [5, 5.41) is 19.5. The van der Waals surface area contributed by atoms with Gasteiger partial charge in [-0.2, -0.15) is 0 Å². The summed E-state index contributed by atoms with van der Waals surface area (Å²) in [6.45, 7) is 0. The van der Waals surface area contributed by atoms with Crippen LogP contribution in [0.25, 0.3) is 0 Å². The fourth-order valence-electron chi connectivity index (χ4n) is 1.61. The second-order valence-corrected chi connectivity index (χ2v) is 4.29. The zero-order valence-electron chi connectivity index (χ0n) is 10.7. The molecule has 0 heterocycles. The van der Waals surface area contributed by atoms with Crippen LogP contribution in [0.4, 0.5) is 0 Å². The highest BCUT2D eigenvalue weighted by atomic mass is 16.4. The second-order valence-electron chi connectivity index (χ2n) is 4.29. The minimum atomic E-state index is -1.48. The number of nitrogens with two attached hydrogens (primary N) is 1. The lowest BCUT2D eigenvalue weighted by Gasteiger charge is -2.16. The van der Waals surface area contributed by atoms with Gasteiger partial charge in [-0.1, -0.05) is 30.3 Å². The summed E-state index contributed by atoms with van der Waals surface area (Å²) in [6, 6.07) is 6.57. The van der Waals surface area contributed by atoms with E-state index in [2.05, 4.69) is 5.32 Å². The van der Waals surface area contributed by atoms with E-state index in [1.807, 2.05) is 6.07 Å². The highest BCUT2D eigenvalue weighted by Gasteiger charge is 2.25. The third-order valence-electron chi connectivity index (χ3n) is 2.63. The minimum absolute atomic E-state index is 0.242. The van der Waals surface area contributed by atoms with Gasteiger partial charge in [0.05, 0.1) is 12.5 Å². The third kappa shape index (κ3) is 5.07. The van der Waals surface area contributed by atoms with Gasteiger partial charge in [0.2, 0.25) is 5.91 Å². The summed E-state index contributed by atoms with van der Waals surface area (Å²) in [7, 11) is 0. The van der Waals surface area contributed by atoms with Crippen molar-refractivity contribution in [2.24, 2.45) is 5.73 Å². The number of nitrogens with one attached hydrogen (secondary N) is 1. The Morgan fingerprint density at radius 3 is 2.25 bits per heavy atom. The fourth-order valence-corrected chi connectivity index (χ4v) is 1.61. The summed E-state index contributed by atoms with van der Waals surface area (Å²) in [5.74, 6) is -3.41. The molecule has 0 saturated heterocycles. The number of aliphatic carboxylic acids is 2. The average molecular weight is 280 g/mol. The van der Waals surface area contributed by atoms with Crippen molar-refractivity contribution in [1.82, 2.24) is 5.32 Å². The molecule has 0 spiro atoms. The zero-order chi connectivity index (χ0) is 15.1. The predicted octanol–water partition coefficient (Wildman–Crippen LogP) is -0.399. The molecule has 1 aromatic rings. The van der Waals surface area contributed by atoms with E-state index in [1.54, 1.807) is 24.3 Å². The molecule has 0 aliphatic rings. The quantitative estimate of drug-likeness (QED) is 0.537. The number of carbonyl (C=O) groups is 3. The molecule has 0 bridgehead atoms. The van der Waals surface area contributed by atoms with Gasteiger partial charge in [-0.15, -0.1) is 0 Å². The molecule has 7 heteroatoms. The van der Waals surface area contributed by atoms with Crippen LogP contribution in [0.5, 0.6) is 0 Å². The molecule has 7 nitrogen and oxygen atoms in total. The Morgan fingerprint density at radius 1 is 1.15 bits per heavy atom. The van der Waals surface area contributed by atoms with Gasteiger partial charge >= 0.3 is 11.9 Å². The van der Waals surface area contributed by atoms with E-state index in [0.717, 1.165) is 5.56 Å². The number of hydrogen-bond acceptors (Lipinski definition) is 4. The van der Waals surface area contributed by atoms with Gasteiger partial charge < -0.3 is 21.3 Å². The monoisotopic (exact) mass is 280 g/mol. The molecule has 0 aliphatic carbocycles. The van der Waals surface area contributed by atoms with E-state index >= 15 is 0 Å². The lowest BCUT2D eigenvalue weighted by Crippen LogP contribution is -2.49. The Balaban J connectivity index is 2.59. The number of amides is 1. The van der Waals surface area contributed by atoms with Crippen molar-refractivity contribution < 1.29 is 24.6 Å². The summed E-state index contributed by atoms with van der Waals surface area (Å²) in [6.07, 6.45) is -0.453. The van der Waals surface area contributed by atoms with Gasteiger partial charge in [-0.05, 0) is 12.0 Å². The maximum Gasteiger partial charge on any atom is 0.326 e. The standard InChI is InChI=1S/C13H16N2O5/c14-9(6-8-4-2-1-3-5-8)12(18)15-10(13(19)20)7-11(16)17/h1-5,9-10H,6-7,14H2,(H,15,18)(H,16,17)(H,19,20)/t9-,10?/m1/s1. The normalized spacial score (nSPS) is 13.2. The van der Waals surface area contributed by atoms with Crippen LogP contribution in [-0.4, -0.2) is 40.1 Å². The van der Waals surface area contributed by atoms with Gasteiger partial charge in [-0.25, -0.2) is 4.79 Å². The lowest BCUT2D eigenvalue weighted by molar-refractivity contribution is -0.147. The van der Waals surface area contributed by atoms with Gasteiger partial charge in [-0.3, -0.25) is 9.59 Å². The largest absolute Gasteiger partial charge is 0.481 e. The zero-order valence-corrected chi connectivity index (χ0v) is 10.7. The van der Waals surface area contributed by atoms with Crippen molar-refractivity contribution in [3.63, 3.8) is 0 Å². The van der Waals surface area contributed by atoms with E-state index in [0.29, 0.717) is 0 Å². The Hall–Kier alpha value is -2.41. The Morgan fingerprint density at radius 2 is 1.75 bits per heavy atom. The molecule has 108 valence electrons. The molecular formula is C13H16N2O5. The number of carbonyl (C=O) groups excluding carboxylic acids is 1. The van der Waals surface area contributed by atoms with Crippen molar-refractivity contribution >= 4 is 17.8 Å². The van der Waals surface area contributed by atoms with Crippen molar-refractivity contribution in [2.45, 2.75) is 24.9 Å². The summed E-state index contributed by atoms with van der Waals surface area (Å²) in [5.41, 5.74) is 6.51. The molecule has 1 unspecified atom stereocenters. The maximum absolute atomic E-state index is 11.8. The van der Waals surface area contributed by atoms with Crippen LogP contribution in [0.15, 0.2) is 30.3 Å². The van der Waals surface area contributed by atoms with E-state index in [1.165, 1.54) is 0 Å². The molecular weight excluding hydrogens is 264 g/mol. The van der Waals surface area contributed by atoms with E-state index in [-0.39, 0.29) is 6.42 Å². The second kappa shape index (κ2) is 7.25. The molecule has 1 amide bonds. The molecule has 0 fully saturated rings. The highest BCUT2D eigenvalue weighted by molar-refractivity contribution is 5.89.